The van der Waals surface area contributed by atoms with Crippen LogP contribution in [-0.4, -0.2) is 18.6 Å². The number of rotatable bonds is 4. The molecular weight excluding hydrogens is 202 g/mol. The number of aryl methyl sites for hydroxylation is 1. The molecule has 1 aromatic rings. The molecule has 1 rings (SSSR count). The van der Waals surface area contributed by atoms with Crippen LogP contribution in [0.4, 0.5) is 5.69 Å². The van der Waals surface area contributed by atoms with Crippen LogP contribution in [0.5, 0.6) is 0 Å². The van der Waals surface area contributed by atoms with Crippen molar-refractivity contribution in [3.05, 3.63) is 29.3 Å². The molecule has 0 spiro atoms. The zero-order valence-electron chi connectivity index (χ0n) is 10.3. The summed E-state index contributed by atoms with van der Waals surface area (Å²) in [5.74, 6) is -0.226. The number of carbonyl (C=O) groups excluding carboxylic acids is 1. The number of carbonyl (C=O) groups is 1. The van der Waals surface area contributed by atoms with Gasteiger partial charge in [-0.05, 0) is 44.9 Å². The molecule has 0 unspecified atom stereocenters. The minimum Gasteiger partial charge on any atom is -0.462 e. The molecule has 3 nitrogen and oxygen atoms in total. The number of benzene rings is 1. The van der Waals surface area contributed by atoms with Crippen LogP contribution in [-0.2, 0) is 9.53 Å². The minimum absolute atomic E-state index is 0.0621. The number of esters is 1. The van der Waals surface area contributed by atoms with Crippen molar-refractivity contribution in [3.63, 3.8) is 0 Å². The highest BCUT2D eigenvalue weighted by molar-refractivity contribution is 5.75. The van der Waals surface area contributed by atoms with Gasteiger partial charge in [0.2, 0.25) is 0 Å². The Labute approximate surface area is 96.8 Å². The van der Waals surface area contributed by atoms with Gasteiger partial charge in [0.15, 0.2) is 0 Å². The summed E-state index contributed by atoms with van der Waals surface area (Å²) < 4.78 is 5.04. The van der Waals surface area contributed by atoms with Crippen LogP contribution in [0, 0.1) is 13.8 Å². The molecule has 0 aliphatic heterocycles. The minimum atomic E-state index is -0.226. The Balaban J connectivity index is 2.55. The van der Waals surface area contributed by atoms with Crippen LogP contribution in [0.15, 0.2) is 18.2 Å². The quantitative estimate of drug-likeness (QED) is 0.794. The highest BCUT2D eigenvalue weighted by Crippen LogP contribution is 2.17. The van der Waals surface area contributed by atoms with Gasteiger partial charge in [0.25, 0.3) is 0 Å². The lowest BCUT2D eigenvalue weighted by Crippen LogP contribution is -2.20. The molecule has 1 N–H and O–H groups in total. The Kier molecular flexibility index (Phi) is 4.35. The van der Waals surface area contributed by atoms with Gasteiger partial charge in [-0.25, -0.2) is 0 Å². The summed E-state index contributed by atoms with van der Waals surface area (Å²) in [6.07, 6.45) is -0.0621. The van der Waals surface area contributed by atoms with Crippen molar-refractivity contribution >= 4 is 11.7 Å². The van der Waals surface area contributed by atoms with Crippen LogP contribution in [0.1, 0.15) is 25.0 Å². The number of ether oxygens (including phenoxy) is 1. The SMILES string of the molecule is Cc1cccc(NCC(=O)OC(C)C)c1C. The fraction of sp³-hybridized carbons (Fsp3) is 0.462. The first-order valence-corrected chi connectivity index (χ1v) is 5.50. The zero-order valence-corrected chi connectivity index (χ0v) is 10.3. The van der Waals surface area contributed by atoms with Crippen LogP contribution >= 0.6 is 0 Å². The highest BCUT2D eigenvalue weighted by Gasteiger charge is 2.06. The van der Waals surface area contributed by atoms with Crippen molar-refractivity contribution in [2.75, 3.05) is 11.9 Å². The summed E-state index contributed by atoms with van der Waals surface area (Å²) in [5.41, 5.74) is 3.36. The Morgan fingerprint density at radius 3 is 2.69 bits per heavy atom. The summed E-state index contributed by atoms with van der Waals surface area (Å²) in [6, 6.07) is 5.98. The molecule has 0 fully saturated rings. The van der Waals surface area contributed by atoms with Gasteiger partial charge in [0.1, 0.15) is 6.54 Å². The number of nitrogens with one attached hydrogen (secondary N) is 1. The maximum absolute atomic E-state index is 11.3. The largest absolute Gasteiger partial charge is 0.462 e. The van der Waals surface area contributed by atoms with Crippen LogP contribution in [0.3, 0.4) is 0 Å². The van der Waals surface area contributed by atoms with Gasteiger partial charge >= 0.3 is 5.97 Å². The van der Waals surface area contributed by atoms with E-state index < -0.39 is 0 Å². The second kappa shape index (κ2) is 5.54. The molecule has 0 saturated heterocycles. The second-order valence-corrected chi connectivity index (χ2v) is 4.14. The van der Waals surface area contributed by atoms with Gasteiger partial charge < -0.3 is 10.1 Å². The Hall–Kier alpha value is -1.51. The van der Waals surface area contributed by atoms with Crippen molar-refractivity contribution in [1.82, 2.24) is 0 Å². The van der Waals surface area contributed by atoms with Crippen LogP contribution in [0.25, 0.3) is 0 Å². The van der Waals surface area contributed by atoms with Crippen LogP contribution < -0.4 is 5.32 Å². The lowest BCUT2D eigenvalue weighted by Gasteiger charge is -2.12. The Morgan fingerprint density at radius 2 is 2.06 bits per heavy atom. The lowest BCUT2D eigenvalue weighted by atomic mass is 10.1. The van der Waals surface area contributed by atoms with Gasteiger partial charge in [-0.3, -0.25) is 4.79 Å². The first-order chi connectivity index (χ1) is 7.50. The third-order valence-corrected chi connectivity index (χ3v) is 2.39. The molecule has 16 heavy (non-hydrogen) atoms. The van der Waals surface area contributed by atoms with E-state index in [0.717, 1.165) is 5.69 Å². The summed E-state index contributed by atoms with van der Waals surface area (Å²) in [5, 5.41) is 3.08. The van der Waals surface area contributed by atoms with E-state index >= 15 is 0 Å². The van der Waals surface area contributed by atoms with E-state index in [4.69, 9.17) is 4.74 Å². The van der Waals surface area contributed by atoms with Gasteiger partial charge in [-0.1, -0.05) is 12.1 Å². The van der Waals surface area contributed by atoms with Gasteiger partial charge in [-0.15, -0.1) is 0 Å². The van der Waals surface area contributed by atoms with E-state index in [-0.39, 0.29) is 18.6 Å². The smallest absolute Gasteiger partial charge is 0.325 e. The molecule has 0 heterocycles. The normalized spacial score (nSPS) is 10.3. The molecule has 0 aliphatic rings. The number of hydrogen-bond acceptors (Lipinski definition) is 3. The van der Waals surface area contributed by atoms with Crippen molar-refractivity contribution in [2.24, 2.45) is 0 Å². The molecular formula is C13H19NO2. The lowest BCUT2D eigenvalue weighted by molar-refractivity contribution is -0.145. The molecule has 0 aliphatic carbocycles. The summed E-state index contributed by atoms with van der Waals surface area (Å²) >= 11 is 0. The molecule has 3 heteroatoms. The predicted octanol–water partition coefficient (Wildman–Crippen LogP) is 2.67. The number of anilines is 1. The maximum atomic E-state index is 11.3. The second-order valence-electron chi connectivity index (χ2n) is 4.14. The van der Waals surface area contributed by atoms with E-state index in [1.165, 1.54) is 11.1 Å². The van der Waals surface area contributed by atoms with E-state index in [9.17, 15) is 4.79 Å². The molecule has 0 amide bonds. The fourth-order valence-corrected chi connectivity index (χ4v) is 1.41. The molecule has 0 radical (unpaired) electrons. The molecule has 0 saturated carbocycles. The molecule has 1 aromatic carbocycles. The zero-order chi connectivity index (χ0) is 12.1. The highest BCUT2D eigenvalue weighted by atomic mass is 16.5. The molecule has 0 aromatic heterocycles. The van der Waals surface area contributed by atoms with E-state index in [2.05, 4.69) is 5.32 Å². The summed E-state index contributed by atoms with van der Waals surface area (Å²) in [6.45, 7) is 7.98. The predicted molar refractivity (Wildman–Crippen MR) is 65.6 cm³/mol. The first-order valence-electron chi connectivity index (χ1n) is 5.50. The third kappa shape index (κ3) is 3.57. The van der Waals surface area contributed by atoms with E-state index in [0.29, 0.717) is 0 Å². The van der Waals surface area contributed by atoms with Crippen molar-refractivity contribution in [2.45, 2.75) is 33.8 Å². The standard InChI is InChI=1S/C13H19NO2/c1-9(2)16-13(15)8-14-12-7-5-6-10(3)11(12)4/h5-7,9,14H,8H2,1-4H3. The third-order valence-electron chi connectivity index (χ3n) is 2.39. The van der Waals surface area contributed by atoms with Gasteiger partial charge in [0.05, 0.1) is 6.10 Å². The molecule has 0 atom stereocenters. The topological polar surface area (TPSA) is 38.3 Å². The first kappa shape index (κ1) is 12.6. The van der Waals surface area contributed by atoms with Crippen molar-refractivity contribution in [1.29, 1.82) is 0 Å². The van der Waals surface area contributed by atoms with E-state index in [1.807, 2.05) is 45.9 Å². The Bertz CT molecular complexity index is 372. The molecule has 0 bridgehead atoms. The van der Waals surface area contributed by atoms with Crippen molar-refractivity contribution in [3.8, 4) is 0 Å². The summed E-state index contributed by atoms with van der Waals surface area (Å²) in [4.78, 5) is 11.3. The monoisotopic (exact) mass is 221 g/mol. The Morgan fingerprint density at radius 1 is 1.38 bits per heavy atom. The van der Waals surface area contributed by atoms with Crippen molar-refractivity contribution < 1.29 is 9.53 Å². The average molecular weight is 221 g/mol. The van der Waals surface area contributed by atoms with E-state index in [1.54, 1.807) is 0 Å². The van der Waals surface area contributed by atoms with Gasteiger partial charge in [-0.2, -0.15) is 0 Å². The number of hydrogen-bond donors (Lipinski definition) is 1. The van der Waals surface area contributed by atoms with Gasteiger partial charge in [0, 0.05) is 5.69 Å². The fourth-order valence-electron chi connectivity index (χ4n) is 1.41. The average Bonchev–Trinajstić information content (AvgIpc) is 2.19. The molecule has 88 valence electrons. The summed E-state index contributed by atoms with van der Waals surface area (Å²) in [7, 11) is 0. The van der Waals surface area contributed by atoms with Crippen LogP contribution in [0.2, 0.25) is 0 Å². The maximum Gasteiger partial charge on any atom is 0.325 e.